The van der Waals surface area contributed by atoms with Gasteiger partial charge >= 0.3 is 0 Å². The summed E-state index contributed by atoms with van der Waals surface area (Å²) in [7, 11) is 2.88. The van der Waals surface area contributed by atoms with Gasteiger partial charge in [-0.2, -0.15) is 5.10 Å². The number of thioether (sulfide) groups is 2. The van der Waals surface area contributed by atoms with Crippen molar-refractivity contribution in [2.75, 3.05) is 20.0 Å². The lowest BCUT2D eigenvalue weighted by Crippen LogP contribution is -2.19. The molecule has 11 heteroatoms. The average Bonchev–Trinajstić information content (AvgIpc) is 3.34. The number of nitrogens with one attached hydrogen (secondary N) is 1. The lowest BCUT2D eigenvalue weighted by atomic mass is 10.1. The molecule has 4 rings (SSSR count). The van der Waals surface area contributed by atoms with Crippen LogP contribution < -0.4 is 14.9 Å². The normalized spacial score (nSPS) is 11.1. The Morgan fingerprint density at radius 2 is 1.74 bits per heavy atom. The van der Waals surface area contributed by atoms with Crippen LogP contribution in [0.25, 0.3) is 10.8 Å². The van der Waals surface area contributed by atoms with Crippen LogP contribution in [0, 0.1) is 0 Å². The van der Waals surface area contributed by atoms with Gasteiger partial charge in [-0.25, -0.2) is 5.43 Å². The number of carbonyl (C=O) groups is 1. The molecule has 0 aliphatic carbocycles. The van der Waals surface area contributed by atoms with Gasteiger partial charge in [0.1, 0.15) is 0 Å². The van der Waals surface area contributed by atoms with E-state index in [1.807, 2.05) is 12.1 Å². The number of carbonyl (C=O) groups excluding carboxylic acids is 1. The Morgan fingerprint density at radius 1 is 1.06 bits per heavy atom. The highest BCUT2D eigenvalue weighted by molar-refractivity contribution is 8.03. The Labute approximate surface area is 214 Å². The van der Waals surface area contributed by atoms with Crippen molar-refractivity contribution >= 4 is 57.8 Å². The summed E-state index contributed by atoms with van der Waals surface area (Å²) in [5.74, 6) is 1.07. The monoisotopic (exact) mass is 526 g/mol. The number of rotatable bonds is 10. The van der Waals surface area contributed by atoms with Crippen LogP contribution in [-0.4, -0.2) is 47.4 Å². The first kappa shape index (κ1) is 24.8. The van der Waals surface area contributed by atoms with E-state index < -0.39 is 0 Å². The number of fused-ring (bicyclic) bond motifs is 1. The minimum absolute atomic E-state index is 0.0979. The van der Waals surface area contributed by atoms with Gasteiger partial charge in [0.05, 0.1) is 26.2 Å². The largest absolute Gasteiger partial charge is 0.502 e. The first-order valence-electron chi connectivity index (χ1n) is 10.4. The summed E-state index contributed by atoms with van der Waals surface area (Å²) in [5, 5.41) is 24.8. The number of aromatic hydroxyl groups is 1. The maximum absolute atomic E-state index is 12.2. The zero-order chi connectivity index (χ0) is 24.6. The highest BCUT2D eigenvalue weighted by Crippen LogP contribution is 2.36. The smallest absolute Gasteiger partial charge is 0.250 e. The third-order valence-electron chi connectivity index (χ3n) is 4.85. The van der Waals surface area contributed by atoms with Crippen molar-refractivity contribution in [3.05, 3.63) is 65.7 Å². The van der Waals surface area contributed by atoms with Crippen LogP contribution in [-0.2, 0) is 10.5 Å². The summed E-state index contributed by atoms with van der Waals surface area (Å²) in [6.07, 6.45) is 1.44. The van der Waals surface area contributed by atoms with E-state index >= 15 is 0 Å². The zero-order valence-corrected chi connectivity index (χ0v) is 21.4. The van der Waals surface area contributed by atoms with Crippen LogP contribution >= 0.6 is 34.9 Å². The molecule has 0 unspecified atom stereocenters. The summed E-state index contributed by atoms with van der Waals surface area (Å²) in [6.45, 7) is 0. The molecule has 3 aromatic carbocycles. The molecule has 2 N–H and O–H groups in total. The van der Waals surface area contributed by atoms with Crippen LogP contribution in [0.15, 0.2) is 68.4 Å². The summed E-state index contributed by atoms with van der Waals surface area (Å²) in [5.41, 5.74) is 4.33. The van der Waals surface area contributed by atoms with Crippen LogP contribution in [0.2, 0.25) is 0 Å². The fraction of sp³-hybridized carbons (Fsp3) is 0.167. The van der Waals surface area contributed by atoms with E-state index in [1.165, 1.54) is 59.9 Å². The van der Waals surface area contributed by atoms with Gasteiger partial charge in [-0.15, -0.1) is 10.2 Å². The lowest BCUT2D eigenvalue weighted by Gasteiger charge is -2.09. The van der Waals surface area contributed by atoms with E-state index in [0.29, 0.717) is 5.56 Å². The number of phenols is 1. The molecule has 0 fully saturated rings. The Kier molecular flexibility index (Phi) is 8.45. The molecular formula is C24H22N4O4S3. The molecule has 180 valence electrons. The molecular weight excluding hydrogens is 504 g/mol. The maximum Gasteiger partial charge on any atom is 0.250 e. The molecule has 0 saturated carbocycles. The van der Waals surface area contributed by atoms with E-state index in [1.54, 1.807) is 23.9 Å². The van der Waals surface area contributed by atoms with Gasteiger partial charge in [0.2, 0.25) is 5.75 Å². The molecule has 0 atom stereocenters. The van der Waals surface area contributed by atoms with Crippen molar-refractivity contribution in [2.24, 2.45) is 5.10 Å². The molecule has 0 aliphatic heterocycles. The fourth-order valence-electron chi connectivity index (χ4n) is 3.20. The number of phenolic OH excluding ortho intramolecular Hbond substituents is 1. The van der Waals surface area contributed by atoms with E-state index in [-0.39, 0.29) is 28.9 Å². The molecule has 0 saturated heterocycles. The van der Waals surface area contributed by atoms with Gasteiger partial charge in [-0.05, 0) is 28.5 Å². The molecule has 35 heavy (non-hydrogen) atoms. The Balaban J connectivity index is 1.27. The molecule has 1 heterocycles. The highest BCUT2D eigenvalue weighted by atomic mass is 32.2. The fourth-order valence-corrected chi connectivity index (χ4v) is 6.01. The SMILES string of the molecule is COc1cc(/C=N/NC(=O)CSc2nnc(SCc3cccc4ccccc34)s2)cc(OC)c1O. The third-order valence-corrected chi connectivity index (χ3v) is 8.09. The number of hydrogen-bond acceptors (Lipinski definition) is 10. The number of benzene rings is 3. The first-order valence-corrected chi connectivity index (χ1v) is 13.2. The van der Waals surface area contributed by atoms with Gasteiger partial charge in [-0.3, -0.25) is 4.79 Å². The number of ether oxygens (including phenoxy) is 2. The summed E-state index contributed by atoms with van der Waals surface area (Å²) in [4.78, 5) is 12.2. The second-order valence-corrected chi connectivity index (χ2v) is 10.5. The highest BCUT2D eigenvalue weighted by Gasteiger charge is 2.11. The molecule has 4 aromatic rings. The van der Waals surface area contributed by atoms with Gasteiger partial charge < -0.3 is 14.6 Å². The van der Waals surface area contributed by atoms with Crippen LogP contribution in [0.4, 0.5) is 0 Å². The van der Waals surface area contributed by atoms with Crippen molar-refractivity contribution in [1.82, 2.24) is 15.6 Å². The summed E-state index contributed by atoms with van der Waals surface area (Å²) in [6, 6.07) is 17.8. The van der Waals surface area contributed by atoms with E-state index in [2.05, 4.69) is 51.1 Å². The molecule has 0 radical (unpaired) electrons. The molecule has 0 spiro atoms. The van der Waals surface area contributed by atoms with Crippen molar-refractivity contribution in [3.63, 3.8) is 0 Å². The minimum Gasteiger partial charge on any atom is -0.502 e. The van der Waals surface area contributed by atoms with Crippen LogP contribution in [0.3, 0.4) is 0 Å². The number of hydrogen-bond donors (Lipinski definition) is 2. The summed E-state index contributed by atoms with van der Waals surface area (Å²) >= 11 is 4.40. The number of aromatic nitrogens is 2. The number of amides is 1. The van der Waals surface area contributed by atoms with Crippen LogP contribution in [0.5, 0.6) is 17.2 Å². The molecule has 0 bridgehead atoms. The number of nitrogens with zero attached hydrogens (tertiary/aromatic N) is 3. The molecule has 0 aliphatic rings. The topological polar surface area (TPSA) is 106 Å². The Bertz CT molecular complexity index is 1330. The van der Waals surface area contributed by atoms with Crippen molar-refractivity contribution in [3.8, 4) is 17.2 Å². The van der Waals surface area contributed by atoms with Crippen molar-refractivity contribution in [2.45, 2.75) is 14.4 Å². The van der Waals surface area contributed by atoms with Gasteiger partial charge in [0.25, 0.3) is 5.91 Å². The minimum atomic E-state index is -0.274. The second-order valence-electron chi connectivity index (χ2n) is 7.12. The van der Waals surface area contributed by atoms with Gasteiger partial charge in [0, 0.05) is 11.3 Å². The predicted octanol–water partition coefficient (Wildman–Crippen LogP) is 4.95. The quantitative estimate of drug-likeness (QED) is 0.170. The zero-order valence-electron chi connectivity index (χ0n) is 18.9. The standard InChI is InChI=1S/C24H22N4O4S3/c1-31-19-10-15(11-20(32-2)22(19)30)12-25-26-21(29)14-34-24-28-27-23(35-24)33-13-17-8-5-7-16-6-3-4-9-18(16)17/h3-12,30H,13-14H2,1-2H3,(H,26,29)/b25-12+. The van der Waals surface area contributed by atoms with Crippen molar-refractivity contribution in [1.29, 1.82) is 0 Å². The maximum atomic E-state index is 12.2. The van der Waals surface area contributed by atoms with E-state index in [4.69, 9.17) is 9.47 Å². The van der Waals surface area contributed by atoms with E-state index in [9.17, 15) is 9.90 Å². The second kappa shape index (κ2) is 11.9. The first-order chi connectivity index (χ1) is 17.1. The van der Waals surface area contributed by atoms with Crippen LogP contribution in [0.1, 0.15) is 11.1 Å². The van der Waals surface area contributed by atoms with E-state index in [0.717, 1.165) is 14.4 Å². The van der Waals surface area contributed by atoms with Gasteiger partial charge in [-0.1, -0.05) is 77.3 Å². The molecule has 1 amide bonds. The number of methoxy groups -OCH3 is 2. The van der Waals surface area contributed by atoms with Crippen molar-refractivity contribution < 1.29 is 19.4 Å². The number of hydrazone groups is 1. The lowest BCUT2D eigenvalue weighted by molar-refractivity contribution is -0.118. The molecule has 8 nitrogen and oxygen atoms in total. The Hall–Kier alpha value is -3.28. The Morgan fingerprint density at radius 3 is 2.49 bits per heavy atom. The third kappa shape index (κ3) is 6.44. The predicted molar refractivity (Wildman–Crippen MR) is 141 cm³/mol. The summed E-state index contributed by atoms with van der Waals surface area (Å²) < 4.78 is 11.8. The molecule has 1 aromatic heterocycles. The van der Waals surface area contributed by atoms with Gasteiger partial charge in [0.15, 0.2) is 20.2 Å². The average molecular weight is 527 g/mol.